The minimum Gasteiger partial charge on any atom is -0.394 e. The highest BCUT2D eigenvalue weighted by Gasteiger charge is 2.27. The van der Waals surface area contributed by atoms with Crippen LogP contribution in [0.25, 0.3) is 0 Å². The van der Waals surface area contributed by atoms with Crippen LogP contribution in [-0.4, -0.2) is 74.3 Å². The predicted molar refractivity (Wildman–Crippen MR) is 104 cm³/mol. The second-order valence-electron chi connectivity index (χ2n) is 6.75. The highest BCUT2D eigenvalue weighted by Crippen LogP contribution is 2.12. The first-order valence-corrected chi connectivity index (χ1v) is 10.3. The van der Waals surface area contributed by atoms with Crippen molar-refractivity contribution < 1.29 is 29.2 Å². The van der Waals surface area contributed by atoms with Crippen molar-refractivity contribution in [1.29, 1.82) is 0 Å². The Balaban J connectivity index is 4.52. The summed E-state index contributed by atoms with van der Waals surface area (Å²) >= 11 is 0. The molecule has 0 fully saturated rings. The van der Waals surface area contributed by atoms with Gasteiger partial charge in [0.2, 0.25) is 0 Å². The van der Waals surface area contributed by atoms with E-state index < -0.39 is 12.2 Å². The van der Waals surface area contributed by atoms with Crippen LogP contribution in [0.15, 0.2) is 0 Å². The van der Waals surface area contributed by atoms with Crippen LogP contribution in [0.2, 0.25) is 0 Å². The first-order valence-electron chi connectivity index (χ1n) is 10.3. The van der Waals surface area contributed by atoms with Crippen LogP contribution in [0.4, 0.5) is 0 Å². The molecule has 0 saturated carbocycles. The number of hydrogen-bond acceptors (Lipinski definition) is 6. The van der Waals surface area contributed by atoms with Gasteiger partial charge in [-0.15, -0.1) is 0 Å². The number of aliphatic hydroxyl groups is 2. The van der Waals surface area contributed by atoms with Crippen molar-refractivity contribution in [2.24, 2.45) is 0 Å². The normalized spacial score (nSPS) is 16.4. The van der Waals surface area contributed by atoms with Crippen molar-refractivity contribution in [1.82, 2.24) is 0 Å². The van der Waals surface area contributed by atoms with Gasteiger partial charge in [-0.1, -0.05) is 40.0 Å². The quantitative estimate of drug-likeness (QED) is 0.337. The number of unbranched alkanes of at least 4 members (excludes halogenated alkanes) is 3. The third-order valence-corrected chi connectivity index (χ3v) is 4.18. The number of ether oxygens (including phenoxy) is 4. The third-order valence-electron chi connectivity index (χ3n) is 4.18. The van der Waals surface area contributed by atoms with Crippen LogP contribution in [-0.2, 0) is 18.9 Å². The molecule has 4 atom stereocenters. The van der Waals surface area contributed by atoms with Crippen LogP contribution >= 0.6 is 0 Å². The molecule has 2 N–H and O–H groups in total. The molecule has 0 aliphatic carbocycles. The molecule has 6 heteroatoms. The van der Waals surface area contributed by atoms with E-state index in [9.17, 15) is 10.2 Å². The maximum atomic E-state index is 10.1. The average molecular weight is 379 g/mol. The first kappa shape index (κ1) is 25.8. The Hall–Kier alpha value is -0.240. The maximum Gasteiger partial charge on any atom is 0.112 e. The second kappa shape index (κ2) is 18.1. The monoisotopic (exact) mass is 378 g/mol. The fourth-order valence-corrected chi connectivity index (χ4v) is 2.39. The lowest BCUT2D eigenvalue weighted by atomic mass is 10.1. The van der Waals surface area contributed by atoms with Gasteiger partial charge in [0.15, 0.2) is 0 Å². The topological polar surface area (TPSA) is 77.4 Å². The molecule has 0 heterocycles. The van der Waals surface area contributed by atoms with Gasteiger partial charge in [0.25, 0.3) is 0 Å². The molecular weight excluding hydrogens is 336 g/mol. The van der Waals surface area contributed by atoms with Crippen LogP contribution in [0.3, 0.4) is 0 Å². The minimum atomic E-state index is -0.982. The molecule has 0 saturated heterocycles. The number of hydrogen-bond donors (Lipinski definition) is 2. The number of rotatable bonds is 19. The Morgan fingerprint density at radius 2 is 1.35 bits per heavy atom. The summed E-state index contributed by atoms with van der Waals surface area (Å²) in [4.78, 5) is 0. The van der Waals surface area contributed by atoms with Gasteiger partial charge in [0.05, 0.1) is 25.9 Å². The molecule has 0 aromatic carbocycles. The Morgan fingerprint density at radius 3 is 1.92 bits per heavy atom. The molecule has 1 unspecified atom stereocenters. The fraction of sp³-hybridized carbons (Fsp3) is 1.00. The molecule has 0 amide bonds. The third kappa shape index (κ3) is 13.0. The van der Waals surface area contributed by atoms with Gasteiger partial charge >= 0.3 is 0 Å². The summed E-state index contributed by atoms with van der Waals surface area (Å²) in [6, 6.07) is 0. The lowest BCUT2D eigenvalue weighted by molar-refractivity contribution is -0.151. The van der Waals surface area contributed by atoms with Crippen LogP contribution in [0.5, 0.6) is 0 Å². The van der Waals surface area contributed by atoms with E-state index in [1.165, 1.54) is 0 Å². The van der Waals surface area contributed by atoms with E-state index in [2.05, 4.69) is 20.8 Å². The van der Waals surface area contributed by atoms with Crippen molar-refractivity contribution in [2.45, 2.75) is 90.6 Å². The molecule has 0 radical (unpaired) electrons. The van der Waals surface area contributed by atoms with Gasteiger partial charge in [-0.25, -0.2) is 0 Å². The van der Waals surface area contributed by atoms with Gasteiger partial charge in [0.1, 0.15) is 18.3 Å². The zero-order valence-electron chi connectivity index (χ0n) is 17.3. The van der Waals surface area contributed by atoms with Gasteiger partial charge in [-0.3, -0.25) is 0 Å². The smallest absolute Gasteiger partial charge is 0.112 e. The molecule has 0 aromatic heterocycles. The van der Waals surface area contributed by atoms with Crippen molar-refractivity contribution in [3.05, 3.63) is 0 Å². The van der Waals surface area contributed by atoms with Crippen molar-refractivity contribution in [3.8, 4) is 0 Å². The minimum absolute atomic E-state index is 0.186. The van der Waals surface area contributed by atoms with Gasteiger partial charge < -0.3 is 29.2 Å². The Labute approximate surface area is 160 Å². The molecule has 0 aromatic rings. The Morgan fingerprint density at radius 1 is 0.769 bits per heavy atom. The Kier molecular flexibility index (Phi) is 18.0. The summed E-state index contributed by atoms with van der Waals surface area (Å²) in [5.74, 6) is 0. The molecule has 158 valence electrons. The second-order valence-corrected chi connectivity index (χ2v) is 6.75. The van der Waals surface area contributed by atoms with Crippen LogP contribution in [0.1, 0.15) is 66.2 Å². The van der Waals surface area contributed by atoms with Crippen LogP contribution in [0, 0.1) is 0 Å². The van der Waals surface area contributed by atoms with Gasteiger partial charge in [-0.05, 0) is 26.2 Å². The number of aliphatic hydroxyl groups excluding tert-OH is 2. The highest BCUT2D eigenvalue weighted by atomic mass is 16.6. The lowest BCUT2D eigenvalue weighted by Crippen LogP contribution is -2.44. The Bertz CT molecular complexity index is 289. The standard InChI is InChI=1S/C20H42O6/c1-5-8-11-23-15-18(25-13-10-7-3)16-26-20(19(22)14-21)17(4)24-12-9-6-2/h17-22H,5-16H2,1-4H3/t17-,18+,19+,20?/m0/s1. The van der Waals surface area contributed by atoms with Crippen molar-refractivity contribution >= 4 is 0 Å². The maximum absolute atomic E-state index is 10.1. The van der Waals surface area contributed by atoms with E-state index in [0.29, 0.717) is 33.0 Å². The largest absolute Gasteiger partial charge is 0.394 e. The predicted octanol–water partition coefficient (Wildman–Crippen LogP) is 2.93. The fourth-order valence-electron chi connectivity index (χ4n) is 2.39. The lowest BCUT2D eigenvalue weighted by Gasteiger charge is -2.29. The summed E-state index contributed by atoms with van der Waals surface area (Å²) in [5.41, 5.74) is 0. The molecule has 0 aliphatic heterocycles. The molecule has 0 aliphatic rings. The van der Waals surface area contributed by atoms with Gasteiger partial charge in [0, 0.05) is 19.8 Å². The van der Waals surface area contributed by atoms with E-state index in [4.69, 9.17) is 18.9 Å². The molecule has 0 rings (SSSR count). The molecular formula is C20H42O6. The van der Waals surface area contributed by atoms with Crippen molar-refractivity contribution in [3.63, 3.8) is 0 Å². The molecule has 0 bridgehead atoms. The van der Waals surface area contributed by atoms with Gasteiger partial charge in [-0.2, -0.15) is 0 Å². The van der Waals surface area contributed by atoms with E-state index in [1.54, 1.807) is 0 Å². The molecule has 0 spiro atoms. The molecule has 6 nitrogen and oxygen atoms in total. The summed E-state index contributed by atoms with van der Waals surface area (Å²) in [6.45, 7) is 10.6. The molecule has 26 heavy (non-hydrogen) atoms. The van der Waals surface area contributed by atoms with E-state index >= 15 is 0 Å². The summed E-state index contributed by atoms with van der Waals surface area (Å²) in [7, 11) is 0. The van der Waals surface area contributed by atoms with Crippen LogP contribution < -0.4 is 0 Å². The summed E-state index contributed by atoms with van der Waals surface area (Å²) in [5, 5.41) is 19.4. The summed E-state index contributed by atoms with van der Waals surface area (Å²) < 4.78 is 23.2. The van der Waals surface area contributed by atoms with E-state index in [-0.39, 0.29) is 18.8 Å². The summed E-state index contributed by atoms with van der Waals surface area (Å²) in [6.07, 6.45) is 4.11. The highest BCUT2D eigenvalue weighted by molar-refractivity contribution is 4.76. The van der Waals surface area contributed by atoms with E-state index in [0.717, 1.165) is 38.5 Å². The average Bonchev–Trinajstić information content (AvgIpc) is 2.64. The zero-order valence-corrected chi connectivity index (χ0v) is 17.3. The van der Waals surface area contributed by atoms with Crippen molar-refractivity contribution in [2.75, 3.05) is 39.6 Å². The first-order chi connectivity index (χ1) is 12.6. The van der Waals surface area contributed by atoms with E-state index in [1.807, 2.05) is 6.92 Å². The zero-order chi connectivity index (χ0) is 19.6. The SMILES string of the molecule is CCCCOC[C@H](COC([C@H](O)CO)[C@H](C)OCCCC)OCCCC.